The second-order valence-electron chi connectivity index (χ2n) is 5.17. The molecular weight excluding hydrogens is 230 g/mol. The highest BCUT2D eigenvalue weighted by atomic mass is 35.5. The van der Waals surface area contributed by atoms with Crippen LogP contribution in [0.15, 0.2) is 24.3 Å². The predicted octanol–water partition coefficient (Wildman–Crippen LogP) is 4.15. The molecule has 2 rings (SSSR count). The maximum atomic E-state index is 5.97. The number of benzene rings is 1. The van der Waals surface area contributed by atoms with Crippen molar-refractivity contribution in [2.75, 3.05) is 13.1 Å². The third-order valence-corrected chi connectivity index (χ3v) is 4.16. The number of hydrogen-bond donors (Lipinski definition) is 1. The van der Waals surface area contributed by atoms with Gasteiger partial charge in [-0.15, -0.1) is 0 Å². The molecule has 0 radical (unpaired) electrons. The van der Waals surface area contributed by atoms with Gasteiger partial charge in [0.15, 0.2) is 0 Å². The highest BCUT2D eigenvalue weighted by Crippen LogP contribution is 2.40. The summed E-state index contributed by atoms with van der Waals surface area (Å²) < 4.78 is 0. The largest absolute Gasteiger partial charge is 0.316 e. The Labute approximate surface area is 110 Å². The van der Waals surface area contributed by atoms with Gasteiger partial charge in [0.25, 0.3) is 0 Å². The Morgan fingerprint density at radius 3 is 2.41 bits per heavy atom. The van der Waals surface area contributed by atoms with Crippen LogP contribution >= 0.6 is 11.6 Å². The number of hydrogen-bond acceptors (Lipinski definition) is 1. The summed E-state index contributed by atoms with van der Waals surface area (Å²) in [6.07, 6.45) is 6.54. The van der Waals surface area contributed by atoms with Crippen LogP contribution in [0, 0.1) is 0 Å². The van der Waals surface area contributed by atoms with Gasteiger partial charge in [0, 0.05) is 17.0 Å². The van der Waals surface area contributed by atoms with E-state index in [-0.39, 0.29) is 0 Å². The molecular formula is C15H22ClN. The molecule has 1 nitrogen and oxygen atoms in total. The normalized spacial score (nSPS) is 18.5. The van der Waals surface area contributed by atoms with Crippen molar-refractivity contribution >= 4 is 11.6 Å². The zero-order chi connectivity index (χ0) is 12.1. The van der Waals surface area contributed by atoms with E-state index in [2.05, 4.69) is 24.4 Å². The van der Waals surface area contributed by atoms with Gasteiger partial charge in [-0.3, -0.25) is 0 Å². The Morgan fingerprint density at radius 2 is 1.82 bits per heavy atom. The summed E-state index contributed by atoms with van der Waals surface area (Å²) in [7, 11) is 0. The molecule has 0 amide bonds. The minimum Gasteiger partial charge on any atom is -0.316 e. The second-order valence-corrected chi connectivity index (χ2v) is 5.61. The van der Waals surface area contributed by atoms with Gasteiger partial charge in [0.05, 0.1) is 0 Å². The fourth-order valence-electron chi connectivity index (χ4n) is 2.93. The maximum absolute atomic E-state index is 5.97. The second kappa shape index (κ2) is 5.88. The van der Waals surface area contributed by atoms with Crippen molar-refractivity contribution < 1.29 is 0 Å². The molecule has 1 saturated carbocycles. The molecule has 2 heteroatoms. The average Bonchev–Trinajstić information content (AvgIpc) is 2.80. The molecule has 0 spiro atoms. The van der Waals surface area contributed by atoms with Crippen LogP contribution in [0.25, 0.3) is 0 Å². The van der Waals surface area contributed by atoms with Crippen LogP contribution in [0.5, 0.6) is 0 Å². The van der Waals surface area contributed by atoms with Gasteiger partial charge >= 0.3 is 0 Å². The van der Waals surface area contributed by atoms with E-state index >= 15 is 0 Å². The summed E-state index contributed by atoms with van der Waals surface area (Å²) in [6.45, 7) is 4.45. The van der Waals surface area contributed by atoms with Crippen LogP contribution in [-0.4, -0.2) is 13.1 Å². The number of halogens is 1. The summed E-state index contributed by atoms with van der Waals surface area (Å²) in [5.41, 5.74) is 1.82. The first-order chi connectivity index (χ1) is 8.27. The topological polar surface area (TPSA) is 12.0 Å². The molecule has 0 aromatic heterocycles. The van der Waals surface area contributed by atoms with Crippen LogP contribution in [0.3, 0.4) is 0 Å². The molecule has 0 unspecified atom stereocenters. The standard InChI is InChI=1S/C15H22ClN/c1-2-11-17-12-15(9-3-4-10-15)13-5-7-14(16)8-6-13/h5-8,17H,2-4,9-12H2,1H3. The summed E-state index contributed by atoms with van der Waals surface area (Å²) in [5.74, 6) is 0. The summed E-state index contributed by atoms with van der Waals surface area (Å²) in [4.78, 5) is 0. The fourth-order valence-corrected chi connectivity index (χ4v) is 3.05. The third kappa shape index (κ3) is 3.02. The van der Waals surface area contributed by atoms with Crippen LogP contribution in [0.1, 0.15) is 44.6 Å². The van der Waals surface area contributed by atoms with Crippen LogP contribution < -0.4 is 5.32 Å². The summed E-state index contributed by atoms with van der Waals surface area (Å²) >= 11 is 5.97. The highest BCUT2D eigenvalue weighted by molar-refractivity contribution is 6.30. The lowest BCUT2D eigenvalue weighted by Crippen LogP contribution is -2.36. The molecule has 0 saturated heterocycles. The molecule has 1 aromatic carbocycles. The van der Waals surface area contributed by atoms with Gasteiger partial charge in [0.2, 0.25) is 0 Å². The van der Waals surface area contributed by atoms with Gasteiger partial charge < -0.3 is 5.32 Å². The fraction of sp³-hybridized carbons (Fsp3) is 0.600. The molecule has 1 aliphatic carbocycles. The van der Waals surface area contributed by atoms with Crippen molar-refractivity contribution in [3.05, 3.63) is 34.9 Å². The Bertz CT molecular complexity index is 338. The molecule has 0 bridgehead atoms. The van der Waals surface area contributed by atoms with E-state index in [1.807, 2.05) is 12.1 Å². The minimum absolute atomic E-state index is 0.361. The third-order valence-electron chi connectivity index (χ3n) is 3.91. The SMILES string of the molecule is CCCNCC1(c2ccc(Cl)cc2)CCCC1. The van der Waals surface area contributed by atoms with E-state index in [1.165, 1.54) is 37.7 Å². The number of nitrogens with one attached hydrogen (secondary N) is 1. The van der Waals surface area contributed by atoms with Crippen LogP contribution in [-0.2, 0) is 5.41 Å². The molecule has 17 heavy (non-hydrogen) atoms. The van der Waals surface area contributed by atoms with Crippen molar-refractivity contribution in [2.45, 2.75) is 44.4 Å². The van der Waals surface area contributed by atoms with Crippen molar-refractivity contribution in [3.63, 3.8) is 0 Å². The van der Waals surface area contributed by atoms with E-state index < -0.39 is 0 Å². The zero-order valence-electron chi connectivity index (χ0n) is 10.6. The van der Waals surface area contributed by atoms with Gasteiger partial charge in [-0.1, -0.05) is 43.5 Å². The minimum atomic E-state index is 0.361. The van der Waals surface area contributed by atoms with E-state index in [4.69, 9.17) is 11.6 Å². The first-order valence-electron chi connectivity index (χ1n) is 6.74. The highest BCUT2D eigenvalue weighted by Gasteiger charge is 2.34. The molecule has 0 aliphatic heterocycles. The van der Waals surface area contributed by atoms with Gasteiger partial charge in [0.1, 0.15) is 0 Å². The smallest absolute Gasteiger partial charge is 0.0406 e. The van der Waals surface area contributed by atoms with Crippen molar-refractivity contribution in [1.29, 1.82) is 0 Å². The Hall–Kier alpha value is -0.530. The number of rotatable bonds is 5. The average molecular weight is 252 g/mol. The van der Waals surface area contributed by atoms with Gasteiger partial charge in [-0.05, 0) is 43.5 Å². The molecule has 0 atom stereocenters. The zero-order valence-corrected chi connectivity index (χ0v) is 11.4. The predicted molar refractivity (Wildman–Crippen MR) is 74.8 cm³/mol. The molecule has 1 fully saturated rings. The molecule has 1 aromatic rings. The van der Waals surface area contributed by atoms with Gasteiger partial charge in [-0.2, -0.15) is 0 Å². The van der Waals surface area contributed by atoms with Gasteiger partial charge in [-0.25, -0.2) is 0 Å². The summed E-state index contributed by atoms with van der Waals surface area (Å²) in [5, 5.41) is 4.43. The Kier molecular flexibility index (Phi) is 4.47. The molecule has 1 aliphatic rings. The Morgan fingerprint density at radius 1 is 1.18 bits per heavy atom. The Balaban J connectivity index is 2.12. The quantitative estimate of drug-likeness (QED) is 0.776. The molecule has 94 valence electrons. The molecule has 0 heterocycles. The first-order valence-corrected chi connectivity index (χ1v) is 7.11. The molecule has 1 N–H and O–H groups in total. The van der Waals surface area contributed by atoms with Crippen LogP contribution in [0.2, 0.25) is 5.02 Å². The van der Waals surface area contributed by atoms with Crippen molar-refractivity contribution in [3.8, 4) is 0 Å². The first kappa shape index (κ1) is 12.9. The monoisotopic (exact) mass is 251 g/mol. The van der Waals surface area contributed by atoms with Crippen LogP contribution in [0.4, 0.5) is 0 Å². The van der Waals surface area contributed by atoms with E-state index in [1.54, 1.807) is 0 Å². The van der Waals surface area contributed by atoms with E-state index in [9.17, 15) is 0 Å². The van der Waals surface area contributed by atoms with Crippen molar-refractivity contribution in [2.24, 2.45) is 0 Å². The lowest BCUT2D eigenvalue weighted by atomic mass is 9.79. The lowest BCUT2D eigenvalue weighted by Gasteiger charge is -2.30. The van der Waals surface area contributed by atoms with Crippen molar-refractivity contribution in [1.82, 2.24) is 5.32 Å². The lowest BCUT2D eigenvalue weighted by molar-refractivity contribution is 0.405. The summed E-state index contributed by atoms with van der Waals surface area (Å²) in [6, 6.07) is 8.47. The van der Waals surface area contributed by atoms with E-state index in [0.717, 1.165) is 18.1 Å². The van der Waals surface area contributed by atoms with E-state index in [0.29, 0.717) is 5.41 Å². The maximum Gasteiger partial charge on any atom is 0.0406 e.